The molecule has 100 valence electrons. The predicted molar refractivity (Wildman–Crippen MR) is 70.5 cm³/mol. The normalized spacial score (nSPS) is 23.8. The van der Waals surface area contributed by atoms with Crippen LogP contribution < -0.4 is 10.6 Å². The van der Waals surface area contributed by atoms with Gasteiger partial charge in [0.15, 0.2) is 5.76 Å². The first-order valence-electron chi connectivity index (χ1n) is 6.81. The van der Waals surface area contributed by atoms with Gasteiger partial charge in [0.05, 0.1) is 6.26 Å². The smallest absolute Gasteiger partial charge is 0.287 e. The van der Waals surface area contributed by atoms with Crippen molar-refractivity contribution in [2.75, 3.05) is 13.1 Å². The Morgan fingerprint density at radius 3 is 3.06 bits per heavy atom. The zero-order valence-electron chi connectivity index (χ0n) is 10.9. The summed E-state index contributed by atoms with van der Waals surface area (Å²) in [7, 11) is 0. The van der Waals surface area contributed by atoms with E-state index < -0.39 is 0 Å². The molecule has 1 saturated carbocycles. The first kappa shape index (κ1) is 13.1. The fourth-order valence-corrected chi connectivity index (χ4v) is 2.57. The summed E-state index contributed by atoms with van der Waals surface area (Å²) in [5.74, 6) is 1.06. The second-order valence-corrected chi connectivity index (χ2v) is 5.16. The predicted octanol–water partition coefficient (Wildman–Crippen LogP) is 2.18. The van der Waals surface area contributed by atoms with Crippen molar-refractivity contribution in [1.82, 2.24) is 10.6 Å². The first-order valence-corrected chi connectivity index (χ1v) is 6.81. The molecule has 1 heterocycles. The number of rotatable bonds is 5. The number of furan rings is 1. The van der Waals surface area contributed by atoms with Gasteiger partial charge >= 0.3 is 0 Å². The number of carbonyl (C=O) groups is 1. The minimum absolute atomic E-state index is 0.140. The van der Waals surface area contributed by atoms with Crippen LogP contribution in [0.1, 0.15) is 43.2 Å². The molecule has 18 heavy (non-hydrogen) atoms. The molecule has 1 aromatic heterocycles. The standard InChI is InChI=1S/C14H22N2O2/c1-11-4-2-5-12(10-11)15-7-8-16-14(17)13-6-3-9-18-13/h3,6,9,11-12,15H,2,4-5,7-8,10H2,1H3,(H,16,17)/t11-,12-/m0/s1. The average Bonchev–Trinajstić information content (AvgIpc) is 2.88. The van der Waals surface area contributed by atoms with Gasteiger partial charge in [-0.1, -0.05) is 19.8 Å². The molecule has 2 N–H and O–H groups in total. The Balaban J connectivity index is 1.60. The van der Waals surface area contributed by atoms with Crippen molar-refractivity contribution in [3.63, 3.8) is 0 Å². The van der Waals surface area contributed by atoms with Crippen molar-refractivity contribution in [3.8, 4) is 0 Å². The molecule has 0 unspecified atom stereocenters. The lowest BCUT2D eigenvalue weighted by Gasteiger charge is -2.27. The molecule has 1 aliphatic rings. The third kappa shape index (κ3) is 3.88. The first-order chi connectivity index (χ1) is 8.75. The molecule has 0 aliphatic heterocycles. The maximum atomic E-state index is 11.6. The molecule has 4 nitrogen and oxygen atoms in total. The van der Waals surface area contributed by atoms with Crippen LogP contribution in [0.15, 0.2) is 22.8 Å². The Kier molecular flexibility index (Phi) is 4.81. The van der Waals surface area contributed by atoms with E-state index in [2.05, 4.69) is 17.6 Å². The molecule has 4 heteroatoms. The Morgan fingerprint density at radius 1 is 1.44 bits per heavy atom. The highest BCUT2D eigenvalue weighted by Crippen LogP contribution is 2.23. The van der Waals surface area contributed by atoms with Gasteiger partial charge in [0, 0.05) is 19.1 Å². The van der Waals surface area contributed by atoms with E-state index in [1.165, 1.54) is 31.9 Å². The van der Waals surface area contributed by atoms with Crippen LogP contribution in [-0.4, -0.2) is 25.0 Å². The highest BCUT2D eigenvalue weighted by molar-refractivity contribution is 5.91. The highest BCUT2D eigenvalue weighted by Gasteiger charge is 2.17. The van der Waals surface area contributed by atoms with Gasteiger partial charge in [-0.15, -0.1) is 0 Å². The van der Waals surface area contributed by atoms with Crippen LogP contribution in [0, 0.1) is 5.92 Å². The van der Waals surface area contributed by atoms with Crippen molar-refractivity contribution in [3.05, 3.63) is 24.2 Å². The monoisotopic (exact) mass is 250 g/mol. The maximum Gasteiger partial charge on any atom is 0.287 e. The molecule has 1 fully saturated rings. The third-order valence-corrected chi connectivity index (χ3v) is 3.52. The summed E-state index contributed by atoms with van der Waals surface area (Å²) in [6.07, 6.45) is 6.70. The molecule has 0 aromatic carbocycles. The highest BCUT2D eigenvalue weighted by atomic mass is 16.3. The van der Waals surface area contributed by atoms with Crippen LogP contribution in [0.5, 0.6) is 0 Å². The van der Waals surface area contributed by atoms with E-state index in [9.17, 15) is 4.79 Å². The van der Waals surface area contributed by atoms with Crippen molar-refractivity contribution in [2.24, 2.45) is 5.92 Å². The van der Waals surface area contributed by atoms with E-state index in [4.69, 9.17) is 4.42 Å². The van der Waals surface area contributed by atoms with Gasteiger partial charge < -0.3 is 15.1 Å². The minimum atomic E-state index is -0.140. The molecule has 0 saturated heterocycles. The topological polar surface area (TPSA) is 54.3 Å². The Morgan fingerprint density at radius 2 is 2.33 bits per heavy atom. The van der Waals surface area contributed by atoms with Crippen molar-refractivity contribution in [2.45, 2.75) is 38.6 Å². The fourth-order valence-electron chi connectivity index (χ4n) is 2.57. The van der Waals surface area contributed by atoms with E-state index in [1.807, 2.05) is 0 Å². The quantitative estimate of drug-likeness (QED) is 0.788. The van der Waals surface area contributed by atoms with Crippen LogP contribution >= 0.6 is 0 Å². The van der Waals surface area contributed by atoms with E-state index in [1.54, 1.807) is 12.1 Å². The Bertz CT molecular complexity index is 362. The molecule has 1 amide bonds. The molecular weight excluding hydrogens is 228 g/mol. The van der Waals surface area contributed by atoms with Crippen LogP contribution in [0.4, 0.5) is 0 Å². The molecule has 0 bridgehead atoms. The molecule has 0 spiro atoms. The lowest BCUT2D eigenvalue weighted by Crippen LogP contribution is -2.39. The van der Waals surface area contributed by atoms with Gasteiger partial charge in [0.2, 0.25) is 0 Å². The van der Waals surface area contributed by atoms with Gasteiger partial charge in [-0.3, -0.25) is 4.79 Å². The fraction of sp³-hybridized carbons (Fsp3) is 0.643. The molecule has 0 radical (unpaired) electrons. The third-order valence-electron chi connectivity index (χ3n) is 3.52. The molecule has 1 aliphatic carbocycles. The van der Waals surface area contributed by atoms with Gasteiger partial charge in [0.1, 0.15) is 0 Å². The summed E-state index contributed by atoms with van der Waals surface area (Å²) in [6, 6.07) is 4.01. The molecular formula is C14H22N2O2. The van der Waals surface area contributed by atoms with Gasteiger partial charge in [0.25, 0.3) is 5.91 Å². The lowest BCUT2D eigenvalue weighted by atomic mass is 9.87. The lowest BCUT2D eigenvalue weighted by molar-refractivity contribution is 0.0925. The second-order valence-electron chi connectivity index (χ2n) is 5.16. The zero-order valence-corrected chi connectivity index (χ0v) is 10.9. The molecule has 1 aromatic rings. The van der Waals surface area contributed by atoms with Gasteiger partial charge in [-0.05, 0) is 30.9 Å². The van der Waals surface area contributed by atoms with Crippen LogP contribution in [0.2, 0.25) is 0 Å². The van der Waals surface area contributed by atoms with Crippen molar-refractivity contribution >= 4 is 5.91 Å². The summed E-state index contributed by atoms with van der Waals surface area (Å²) in [6.45, 7) is 3.78. The van der Waals surface area contributed by atoms with Crippen molar-refractivity contribution < 1.29 is 9.21 Å². The summed E-state index contributed by atoms with van der Waals surface area (Å²) in [5.41, 5.74) is 0. The summed E-state index contributed by atoms with van der Waals surface area (Å²) < 4.78 is 5.02. The van der Waals surface area contributed by atoms with Crippen molar-refractivity contribution in [1.29, 1.82) is 0 Å². The molecule has 2 atom stereocenters. The Labute approximate surface area is 108 Å². The van der Waals surface area contributed by atoms with Gasteiger partial charge in [-0.25, -0.2) is 0 Å². The number of amides is 1. The van der Waals surface area contributed by atoms with Crippen LogP contribution in [0.25, 0.3) is 0 Å². The largest absolute Gasteiger partial charge is 0.459 e. The van der Waals surface area contributed by atoms with E-state index in [0.29, 0.717) is 18.3 Å². The SMILES string of the molecule is C[C@H]1CCC[C@H](NCCNC(=O)c2ccco2)C1. The number of carbonyl (C=O) groups excluding carboxylic acids is 1. The number of hydrogen-bond acceptors (Lipinski definition) is 3. The van der Waals surface area contributed by atoms with Gasteiger partial charge in [-0.2, -0.15) is 0 Å². The minimum Gasteiger partial charge on any atom is -0.459 e. The van der Waals surface area contributed by atoms with Crippen LogP contribution in [-0.2, 0) is 0 Å². The molecule has 2 rings (SSSR count). The summed E-state index contributed by atoms with van der Waals surface area (Å²) >= 11 is 0. The number of nitrogens with one attached hydrogen (secondary N) is 2. The summed E-state index contributed by atoms with van der Waals surface area (Å²) in [4.78, 5) is 11.6. The van der Waals surface area contributed by atoms with E-state index >= 15 is 0 Å². The zero-order chi connectivity index (χ0) is 12.8. The average molecular weight is 250 g/mol. The maximum absolute atomic E-state index is 11.6. The van der Waals surface area contributed by atoms with Crippen LogP contribution in [0.3, 0.4) is 0 Å². The summed E-state index contributed by atoms with van der Waals surface area (Å²) in [5, 5.41) is 6.35. The van der Waals surface area contributed by atoms with E-state index in [0.717, 1.165) is 12.5 Å². The van der Waals surface area contributed by atoms with E-state index in [-0.39, 0.29) is 5.91 Å². The Hall–Kier alpha value is -1.29. The second kappa shape index (κ2) is 6.59. The number of hydrogen-bond donors (Lipinski definition) is 2.